The predicted octanol–water partition coefficient (Wildman–Crippen LogP) is 2.82. The zero-order valence-corrected chi connectivity index (χ0v) is 15.1. The molecule has 1 fully saturated rings. The first-order valence-corrected chi connectivity index (χ1v) is 9.22. The Bertz CT molecular complexity index is 664. The van der Waals surface area contributed by atoms with Crippen LogP contribution in [0.5, 0.6) is 0 Å². The van der Waals surface area contributed by atoms with Crippen LogP contribution in [0.2, 0.25) is 0 Å². The third kappa shape index (κ3) is 4.00. The summed E-state index contributed by atoms with van der Waals surface area (Å²) in [6, 6.07) is 5.98. The molecule has 0 saturated carbocycles. The Labute approximate surface area is 149 Å². The van der Waals surface area contributed by atoms with E-state index >= 15 is 0 Å². The fraction of sp³-hybridized carbons (Fsp3) is 0.526. The molecule has 3 rings (SSSR count). The monoisotopic (exact) mass is 341 g/mol. The molecule has 134 valence electrons. The molecule has 1 amide bonds. The lowest BCUT2D eigenvalue weighted by molar-refractivity contribution is 0.0583. The number of piperidine rings is 1. The molecule has 1 saturated heterocycles. The van der Waals surface area contributed by atoms with Gasteiger partial charge >= 0.3 is 0 Å². The third-order valence-corrected chi connectivity index (χ3v) is 4.93. The molecule has 6 heteroatoms. The van der Waals surface area contributed by atoms with Crippen LogP contribution < -0.4 is 4.90 Å². The number of aromatic nitrogens is 3. The maximum Gasteiger partial charge on any atom is 0.255 e. The second-order valence-corrected chi connectivity index (χ2v) is 6.45. The van der Waals surface area contributed by atoms with Crippen molar-refractivity contribution in [2.45, 2.75) is 45.7 Å². The van der Waals surface area contributed by atoms with Gasteiger partial charge in [-0.25, -0.2) is 4.98 Å². The maximum absolute atomic E-state index is 13.0. The largest absolute Gasteiger partial charge is 0.357 e. The van der Waals surface area contributed by atoms with E-state index in [-0.39, 0.29) is 11.9 Å². The Morgan fingerprint density at radius 2 is 2.12 bits per heavy atom. The van der Waals surface area contributed by atoms with Gasteiger partial charge in [-0.2, -0.15) is 5.10 Å². The zero-order chi connectivity index (χ0) is 17.6. The first-order valence-electron chi connectivity index (χ1n) is 9.22. The number of pyridine rings is 1. The number of nitrogens with zero attached hydrogens (tertiary/aromatic N) is 5. The van der Waals surface area contributed by atoms with E-state index in [0.29, 0.717) is 5.56 Å². The van der Waals surface area contributed by atoms with Crippen molar-refractivity contribution in [1.82, 2.24) is 19.7 Å². The van der Waals surface area contributed by atoms with Crippen LogP contribution in [0.15, 0.2) is 36.8 Å². The Balaban J connectivity index is 1.73. The number of likely N-dealkylation sites (tertiary alicyclic amines) is 1. The van der Waals surface area contributed by atoms with E-state index in [1.54, 1.807) is 12.4 Å². The number of hydrogen-bond donors (Lipinski definition) is 0. The van der Waals surface area contributed by atoms with Crippen LogP contribution in [0, 0.1) is 0 Å². The second-order valence-electron chi connectivity index (χ2n) is 6.45. The highest BCUT2D eigenvalue weighted by Crippen LogP contribution is 2.21. The quantitative estimate of drug-likeness (QED) is 0.811. The van der Waals surface area contributed by atoms with E-state index in [0.717, 1.165) is 51.3 Å². The van der Waals surface area contributed by atoms with Gasteiger partial charge in [0.2, 0.25) is 0 Å². The summed E-state index contributed by atoms with van der Waals surface area (Å²) in [6.07, 6.45) is 8.70. The number of carbonyl (C=O) groups is 1. The van der Waals surface area contributed by atoms with Crippen LogP contribution in [0.1, 0.15) is 43.5 Å². The van der Waals surface area contributed by atoms with Gasteiger partial charge in [-0.3, -0.25) is 9.48 Å². The summed E-state index contributed by atoms with van der Waals surface area (Å²) in [5.41, 5.74) is 0.670. The van der Waals surface area contributed by atoms with Gasteiger partial charge in [-0.05, 0) is 51.3 Å². The molecule has 6 nitrogen and oxygen atoms in total. The molecule has 0 N–H and O–H groups in total. The van der Waals surface area contributed by atoms with Crippen LogP contribution in [-0.2, 0) is 6.54 Å². The van der Waals surface area contributed by atoms with Gasteiger partial charge in [0, 0.05) is 38.2 Å². The molecule has 25 heavy (non-hydrogen) atoms. The molecular weight excluding hydrogens is 314 g/mol. The minimum atomic E-state index is 0.0791. The van der Waals surface area contributed by atoms with Crippen LogP contribution in [-0.4, -0.2) is 51.2 Å². The predicted molar refractivity (Wildman–Crippen MR) is 98.7 cm³/mol. The first-order chi connectivity index (χ1) is 12.2. The number of rotatable bonds is 6. The van der Waals surface area contributed by atoms with Crippen LogP contribution >= 0.6 is 0 Å². The molecule has 1 aliphatic rings. The molecule has 0 unspecified atom stereocenters. The summed E-state index contributed by atoms with van der Waals surface area (Å²) in [4.78, 5) is 21.7. The van der Waals surface area contributed by atoms with Crippen molar-refractivity contribution >= 4 is 11.7 Å². The van der Waals surface area contributed by atoms with E-state index < -0.39 is 0 Å². The number of amides is 1. The van der Waals surface area contributed by atoms with Crippen LogP contribution in [0.4, 0.5) is 5.82 Å². The summed E-state index contributed by atoms with van der Waals surface area (Å²) < 4.78 is 1.91. The lowest BCUT2D eigenvalue weighted by Gasteiger charge is -2.35. The molecule has 1 atom stereocenters. The van der Waals surface area contributed by atoms with Gasteiger partial charge in [0.25, 0.3) is 5.91 Å². The fourth-order valence-electron chi connectivity index (χ4n) is 3.50. The van der Waals surface area contributed by atoms with E-state index in [4.69, 9.17) is 0 Å². The van der Waals surface area contributed by atoms with Gasteiger partial charge in [-0.15, -0.1) is 0 Å². The smallest absolute Gasteiger partial charge is 0.255 e. The Kier molecular flexibility index (Phi) is 5.68. The van der Waals surface area contributed by atoms with Crippen molar-refractivity contribution in [3.63, 3.8) is 0 Å². The average molecular weight is 341 g/mol. The molecule has 2 aromatic heterocycles. The molecule has 0 aliphatic carbocycles. The zero-order valence-electron chi connectivity index (χ0n) is 15.1. The minimum Gasteiger partial charge on any atom is -0.357 e. The van der Waals surface area contributed by atoms with Crippen LogP contribution in [0.25, 0.3) is 0 Å². The van der Waals surface area contributed by atoms with E-state index in [1.165, 1.54) is 0 Å². The van der Waals surface area contributed by atoms with Gasteiger partial charge in [-0.1, -0.05) is 0 Å². The fourth-order valence-corrected chi connectivity index (χ4v) is 3.50. The molecule has 2 aromatic rings. The van der Waals surface area contributed by atoms with Crippen molar-refractivity contribution in [3.8, 4) is 0 Å². The second kappa shape index (κ2) is 8.14. The standard InChI is InChI=1S/C19H27N5O/c1-3-22(4-2)18-10-9-16(14-20-18)19(25)24-13-6-5-8-17(24)15-23-12-7-11-21-23/h7,9-12,14,17H,3-6,8,13,15H2,1-2H3/t17-/m1/s1. The summed E-state index contributed by atoms with van der Waals surface area (Å²) in [5.74, 6) is 1.00. The van der Waals surface area contributed by atoms with E-state index in [9.17, 15) is 4.79 Å². The molecule has 0 aromatic carbocycles. The highest BCUT2D eigenvalue weighted by molar-refractivity contribution is 5.94. The number of anilines is 1. The van der Waals surface area contributed by atoms with E-state index in [2.05, 4.69) is 28.8 Å². The Morgan fingerprint density at radius 1 is 1.28 bits per heavy atom. The minimum absolute atomic E-state index is 0.0791. The highest BCUT2D eigenvalue weighted by atomic mass is 16.2. The summed E-state index contributed by atoms with van der Waals surface area (Å²) >= 11 is 0. The molecule has 0 spiro atoms. The molecule has 0 radical (unpaired) electrons. The van der Waals surface area contributed by atoms with Gasteiger partial charge in [0.05, 0.1) is 18.2 Å². The Morgan fingerprint density at radius 3 is 2.76 bits per heavy atom. The van der Waals surface area contributed by atoms with Gasteiger partial charge < -0.3 is 9.80 Å². The lowest BCUT2D eigenvalue weighted by atomic mass is 10.0. The highest BCUT2D eigenvalue weighted by Gasteiger charge is 2.28. The Hall–Kier alpha value is -2.37. The van der Waals surface area contributed by atoms with Crippen molar-refractivity contribution in [2.75, 3.05) is 24.5 Å². The van der Waals surface area contributed by atoms with Crippen molar-refractivity contribution < 1.29 is 4.79 Å². The summed E-state index contributed by atoms with van der Waals surface area (Å²) in [5, 5.41) is 4.29. The van der Waals surface area contributed by atoms with Crippen LogP contribution in [0.3, 0.4) is 0 Å². The molecule has 0 bridgehead atoms. The third-order valence-electron chi connectivity index (χ3n) is 4.93. The first kappa shape index (κ1) is 17.5. The van der Waals surface area contributed by atoms with Gasteiger partial charge in [0.15, 0.2) is 0 Å². The van der Waals surface area contributed by atoms with E-state index in [1.807, 2.05) is 34.0 Å². The average Bonchev–Trinajstić information content (AvgIpc) is 3.16. The van der Waals surface area contributed by atoms with Crippen molar-refractivity contribution in [3.05, 3.63) is 42.4 Å². The SMILES string of the molecule is CCN(CC)c1ccc(C(=O)N2CCCC[C@@H]2Cn2cccn2)cn1. The van der Waals surface area contributed by atoms with Gasteiger partial charge in [0.1, 0.15) is 5.82 Å². The summed E-state index contributed by atoms with van der Waals surface area (Å²) in [7, 11) is 0. The van der Waals surface area contributed by atoms with Crippen molar-refractivity contribution in [2.24, 2.45) is 0 Å². The normalized spacial score (nSPS) is 17.5. The topological polar surface area (TPSA) is 54.3 Å². The number of hydrogen-bond acceptors (Lipinski definition) is 4. The molecule has 3 heterocycles. The maximum atomic E-state index is 13.0. The molecular formula is C19H27N5O. The number of carbonyl (C=O) groups excluding carboxylic acids is 1. The van der Waals surface area contributed by atoms with Crippen molar-refractivity contribution in [1.29, 1.82) is 0 Å². The molecule has 1 aliphatic heterocycles. The lowest BCUT2D eigenvalue weighted by Crippen LogP contribution is -2.46. The summed E-state index contributed by atoms with van der Waals surface area (Å²) in [6.45, 7) is 7.60.